The lowest BCUT2D eigenvalue weighted by atomic mass is 10.1. The van der Waals surface area contributed by atoms with E-state index < -0.39 is 0 Å². The average molecular weight is 355 g/mol. The summed E-state index contributed by atoms with van der Waals surface area (Å²) in [4.78, 5) is 3.97. The van der Waals surface area contributed by atoms with E-state index in [2.05, 4.69) is 45.2 Å². The summed E-state index contributed by atoms with van der Waals surface area (Å²) in [5, 5.41) is 7.86. The van der Waals surface area contributed by atoms with Crippen molar-refractivity contribution in [3.8, 4) is 0 Å². The Labute approximate surface area is 132 Å². The van der Waals surface area contributed by atoms with Crippen molar-refractivity contribution in [1.29, 1.82) is 0 Å². The molecule has 0 bridgehead atoms. The van der Waals surface area contributed by atoms with Gasteiger partial charge in [0.05, 0.1) is 28.6 Å². The van der Waals surface area contributed by atoms with Crippen molar-refractivity contribution >= 4 is 15.9 Å². The van der Waals surface area contributed by atoms with Crippen molar-refractivity contribution in [2.24, 2.45) is 0 Å². The smallest absolute Gasteiger partial charge is 0.141 e. The van der Waals surface area contributed by atoms with E-state index in [1.54, 1.807) is 12.4 Å². The predicted octanol–water partition coefficient (Wildman–Crippen LogP) is 3.68. The van der Waals surface area contributed by atoms with E-state index in [-0.39, 0.29) is 11.9 Å². The summed E-state index contributed by atoms with van der Waals surface area (Å²) in [6, 6.07) is 1.40. The number of hydrogen-bond donors (Lipinski definition) is 1. The molecule has 0 aromatic carbocycles. The molecule has 0 saturated heterocycles. The lowest BCUT2D eigenvalue weighted by Gasteiger charge is -2.21. The summed E-state index contributed by atoms with van der Waals surface area (Å²) in [5.74, 6) is -0.325. The molecule has 6 heteroatoms. The molecule has 2 aromatic heterocycles. The standard InChI is InChI=1S/C15H20BrFN4/c1-3-5-19-14(11-7-12(17)9-18-8-11)15-13(16)10-20-21(15)6-4-2/h7-10,14,19H,3-6H2,1-2H3. The molecule has 4 nitrogen and oxygen atoms in total. The molecular weight excluding hydrogens is 335 g/mol. The first-order valence-corrected chi connectivity index (χ1v) is 8.01. The van der Waals surface area contributed by atoms with Gasteiger partial charge < -0.3 is 5.32 Å². The van der Waals surface area contributed by atoms with E-state index in [0.717, 1.165) is 41.7 Å². The second kappa shape index (κ2) is 7.66. The fourth-order valence-corrected chi connectivity index (χ4v) is 2.82. The first-order valence-electron chi connectivity index (χ1n) is 7.22. The van der Waals surface area contributed by atoms with Crippen LogP contribution in [0.1, 0.15) is 44.0 Å². The van der Waals surface area contributed by atoms with Crippen molar-refractivity contribution in [3.63, 3.8) is 0 Å². The van der Waals surface area contributed by atoms with E-state index in [1.165, 1.54) is 12.3 Å². The van der Waals surface area contributed by atoms with Crippen molar-refractivity contribution in [1.82, 2.24) is 20.1 Å². The third-order valence-corrected chi connectivity index (χ3v) is 3.81. The molecule has 0 saturated carbocycles. The van der Waals surface area contributed by atoms with Crippen LogP contribution in [0, 0.1) is 5.82 Å². The van der Waals surface area contributed by atoms with Crippen LogP contribution in [0.5, 0.6) is 0 Å². The number of aryl methyl sites for hydroxylation is 1. The van der Waals surface area contributed by atoms with E-state index in [9.17, 15) is 4.39 Å². The molecule has 2 rings (SSSR count). The Kier molecular flexibility index (Phi) is 5.87. The number of nitrogens with zero attached hydrogens (tertiary/aromatic N) is 3. The van der Waals surface area contributed by atoms with Crippen LogP contribution in [0.15, 0.2) is 29.1 Å². The predicted molar refractivity (Wildman–Crippen MR) is 84.5 cm³/mol. The van der Waals surface area contributed by atoms with E-state index in [1.807, 2.05) is 4.68 Å². The Morgan fingerprint density at radius 1 is 1.29 bits per heavy atom. The van der Waals surface area contributed by atoms with Gasteiger partial charge in [0.25, 0.3) is 0 Å². The van der Waals surface area contributed by atoms with Crippen LogP contribution in [0.25, 0.3) is 0 Å². The number of nitrogens with one attached hydrogen (secondary N) is 1. The maximum atomic E-state index is 13.5. The minimum absolute atomic E-state index is 0.128. The van der Waals surface area contributed by atoms with Gasteiger partial charge in [-0.2, -0.15) is 5.10 Å². The summed E-state index contributed by atoms with van der Waals surface area (Å²) in [6.07, 6.45) is 6.70. The Hall–Kier alpha value is -1.27. The van der Waals surface area contributed by atoms with Crippen LogP contribution in [0.2, 0.25) is 0 Å². The molecule has 0 aliphatic rings. The molecule has 21 heavy (non-hydrogen) atoms. The van der Waals surface area contributed by atoms with E-state index in [0.29, 0.717) is 0 Å². The Morgan fingerprint density at radius 3 is 2.76 bits per heavy atom. The monoisotopic (exact) mass is 354 g/mol. The third kappa shape index (κ3) is 3.89. The second-order valence-corrected chi connectivity index (χ2v) is 5.78. The SMILES string of the molecule is CCCNC(c1cncc(F)c1)c1c(Br)cnn1CCC. The maximum Gasteiger partial charge on any atom is 0.141 e. The molecule has 0 amide bonds. The third-order valence-electron chi connectivity index (χ3n) is 3.20. The number of halogens is 2. The highest BCUT2D eigenvalue weighted by molar-refractivity contribution is 9.10. The van der Waals surface area contributed by atoms with Gasteiger partial charge in [0.2, 0.25) is 0 Å². The highest BCUT2D eigenvalue weighted by Crippen LogP contribution is 2.29. The normalized spacial score (nSPS) is 12.6. The van der Waals surface area contributed by atoms with Gasteiger partial charge in [0, 0.05) is 12.7 Å². The minimum Gasteiger partial charge on any atom is -0.305 e. The summed E-state index contributed by atoms with van der Waals surface area (Å²) in [5.41, 5.74) is 1.82. The zero-order valence-electron chi connectivity index (χ0n) is 12.3. The number of aromatic nitrogens is 3. The zero-order valence-corrected chi connectivity index (χ0v) is 13.9. The first kappa shape index (κ1) is 16.1. The lowest BCUT2D eigenvalue weighted by Crippen LogP contribution is -2.26. The minimum atomic E-state index is -0.325. The van der Waals surface area contributed by atoms with E-state index in [4.69, 9.17) is 0 Å². The Bertz CT molecular complexity index is 585. The molecule has 0 fully saturated rings. The molecule has 0 spiro atoms. The molecule has 0 aliphatic carbocycles. The van der Waals surface area contributed by atoms with Crippen molar-refractivity contribution in [2.75, 3.05) is 6.54 Å². The molecule has 2 heterocycles. The Morgan fingerprint density at radius 2 is 2.10 bits per heavy atom. The van der Waals surface area contributed by atoms with Gasteiger partial charge in [0.15, 0.2) is 0 Å². The summed E-state index contributed by atoms with van der Waals surface area (Å²) in [7, 11) is 0. The van der Waals surface area contributed by atoms with Gasteiger partial charge in [-0.1, -0.05) is 13.8 Å². The van der Waals surface area contributed by atoms with Gasteiger partial charge >= 0.3 is 0 Å². The van der Waals surface area contributed by atoms with Gasteiger partial charge in [-0.05, 0) is 46.9 Å². The van der Waals surface area contributed by atoms with Crippen LogP contribution in [0.3, 0.4) is 0 Å². The molecule has 0 aliphatic heterocycles. The van der Waals surface area contributed by atoms with Crippen molar-refractivity contribution in [3.05, 3.63) is 46.2 Å². The molecule has 0 radical (unpaired) electrons. The highest BCUT2D eigenvalue weighted by atomic mass is 79.9. The molecule has 2 aromatic rings. The average Bonchev–Trinajstić information content (AvgIpc) is 2.82. The number of pyridine rings is 1. The highest BCUT2D eigenvalue weighted by Gasteiger charge is 2.22. The van der Waals surface area contributed by atoms with Crippen LogP contribution in [-0.2, 0) is 6.54 Å². The Balaban J connectivity index is 2.42. The first-order chi connectivity index (χ1) is 10.2. The lowest BCUT2D eigenvalue weighted by molar-refractivity contribution is 0.506. The van der Waals surface area contributed by atoms with Gasteiger partial charge in [-0.15, -0.1) is 0 Å². The quantitative estimate of drug-likeness (QED) is 0.824. The zero-order chi connectivity index (χ0) is 15.2. The molecular formula is C15H20BrFN4. The number of rotatable bonds is 7. The second-order valence-electron chi connectivity index (χ2n) is 4.92. The maximum absolute atomic E-state index is 13.5. The molecule has 1 atom stereocenters. The topological polar surface area (TPSA) is 42.7 Å². The van der Waals surface area contributed by atoms with Crippen LogP contribution in [-0.4, -0.2) is 21.3 Å². The fourth-order valence-electron chi connectivity index (χ4n) is 2.30. The van der Waals surface area contributed by atoms with Gasteiger partial charge in [-0.25, -0.2) is 4.39 Å². The van der Waals surface area contributed by atoms with Crippen LogP contribution >= 0.6 is 15.9 Å². The van der Waals surface area contributed by atoms with Gasteiger partial charge in [0.1, 0.15) is 5.82 Å². The summed E-state index contributed by atoms with van der Waals surface area (Å²) < 4.78 is 16.4. The van der Waals surface area contributed by atoms with Crippen molar-refractivity contribution in [2.45, 2.75) is 39.3 Å². The fraction of sp³-hybridized carbons (Fsp3) is 0.467. The number of hydrogen-bond acceptors (Lipinski definition) is 3. The summed E-state index contributed by atoms with van der Waals surface area (Å²) >= 11 is 3.56. The molecule has 1 unspecified atom stereocenters. The van der Waals surface area contributed by atoms with Crippen LogP contribution in [0.4, 0.5) is 4.39 Å². The molecule has 114 valence electrons. The van der Waals surface area contributed by atoms with Gasteiger partial charge in [-0.3, -0.25) is 9.67 Å². The van der Waals surface area contributed by atoms with E-state index >= 15 is 0 Å². The largest absolute Gasteiger partial charge is 0.305 e. The van der Waals surface area contributed by atoms with Crippen LogP contribution < -0.4 is 5.32 Å². The molecule has 1 N–H and O–H groups in total. The van der Waals surface area contributed by atoms with Crippen molar-refractivity contribution < 1.29 is 4.39 Å². The summed E-state index contributed by atoms with van der Waals surface area (Å²) in [6.45, 7) is 5.88.